The topological polar surface area (TPSA) is 62.1 Å². The Morgan fingerprint density at radius 1 is 1.13 bits per heavy atom. The molecule has 0 saturated carbocycles. The molecule has 1 saturated heterocycles. The van der Waals surface area contributed by atoms with Crippen molar-refractivity contribution in [3.8, 4) is 0 Å². The van der Waals surface area contributed by atoms with Crippen LogP contribution in [-0.2, 0) is 7.05 Å². The van der Waals surface area contributed by atoms with Gasteiger partial charge in [-0.05, 0) is 13.0 Å². The molecular weight excluding hydrogens is 290 g/mol. The third kappa shape index (κ3) is 3.45. The standard InChI is InChI=1S/C16H27N7/c1-12(2)14(23-7-5-21(3)6-8-23)10-17-15-13-9-20-22(4)16(13)19-11-18-15/h9,11-12,14H,5-8,10H2,1-4H3,(H,17,18,19). The van der Waals surface area contributed by atoms with Crippen LogP contribution in [0.2, 0.25) is 0 Å². The van der Waals surface area contributed by atoms with Gasteiger partial charge in [-0.15, -0.1) is 0 Å². The van der Waals surface area contributed by atoms with Crippen LogP contribution in [-0.4, -0.2) is 75.4 Å². The summed E-state index contributed by atoms with van der Waals surface area (Å²) in [4.78, 5) is 13.7. The molecule has 2 aromatic heterocycles. The van der Waals surface area contributed by atoms with Crippen LogP contribution in [0.15, 0.2) is 12.5 Å². The predicted molar refractivity (Wildman–Crippen MR) is 92.5 cm³/mol. The Labute approximate surface area is 137 Å². The van der Waals surface area contributed by atoms with Crippen LogP contribution < -0.4 is 5.32 Å². The van der Waals surface area contributed by atoms with Gasteiger partial charge < -0.3 is 10.2 Å². The van der Waals surface area contributed by atoms with Crippen LogP contribution in [0.4, 0.5) is 5.82 Å². The Hall–Kier alpha value is -1.73. The number of nitrogens with zero attached hydrogens (tertiary/aromatic N) is 6. The molecule has 3 rings (SSSR count). The highest BCUT2D eigenvalue weighted by Gasteiger charge is 2.25. The lowest BCUT2D eigenvalue weighted by atomic mass is 10.0. The molecule has 1 atom stereocenters. The summed E-state index contributed by atoms with van der Waals surface area (Å²) in [5.74, 6) is 1.47. The average molecular weight is 317 g/mol. The number of rotatable bonds is 5. The summed E-state index contributed by atoms with van der Waals surface area (Å²) in [6, 6.07) is 0.505. The molecule has 2 aromatic rings. The minimum Gasteiger partial charge on any atom is -0.368 e. The highest BCUT2D eigenvalue weighted by Crippen LogP contribution is 2.19. The van der Waals surface area contributed by atoms with Gasteiger partial charge in [0.2, 0.25) is 0 Å². The van der Waals surface area contributed by atoms with E-state index in [4.69, 9.17) is 0 Å². The number of hydrogen-bond donors (Lipinski definition) is 1. The third-order valence-corrected chi connectivity index (χ3v) is 4.78. The van der Waals surface area contributed by atoms with Gasteiger partial charge in [0.1, 0.15) is 12.1 Å². The van der Waals surface area contributed by atoms with Crippen molar-refractivity contribution in [1.82, 2.24) is 29.5 Å². The quantitative estimate of drug-likeness (QED) is 0.889. The zero-order chi connectivity index (χ0) is 16.4. The van der Waals surface area contributed by atoms with Crippen molar-refractivity contribution >= 4 is 16.9 Å². The van der Waals surface area contributed by atoms with E-state index in [9.17, 15) is 0 Å². The minimum atomic E-state index is 0.505. The molecule has 0 aliphatic carbocycles. The summed E-state index contributed by atoms with van der Waals surface area (Å²) in [5, 5.41) is 8.79. The molecule has 7 nitrogen and oxygen atoms in total. The SMILES string of the molecule is CC(C)C(CNc1ncnc2c1cnn2C)N1CCN(C)CC1. The normalized spacial score (nSPS) is 18.7. The molecule has 0 bridgehead atoms. The number of fused-ring (bicyclic) bond motifs is 1. The Kier molecular flexibility index (Phi) is 4.77. The highest BCUT2D eigenvalue weighted by atomic mass is 15.3. The van der Waals surface area contributed by atoms with Gasteiger partial charge in [0.25, 0.3) is 0 Å². The number of aryl methyl sites for hydroxylation is 1. The molecule has 0 spiro atoms. The fourth-order valence-corrected chi connectivity index (χ4v) is 3.24. The number of aromatic nitrogens is 4. The number of likely N-dealkylation sites (N-methyl/N-ethyl adjacent to an activating group) is 1. The van der Waals surface area contributed by atoms with E-state index in [1.54, 1.807) is 11.0 Å². The Morgan fingerprint density at radius 3 is 2.57 bits per heavy atom. The smallest absolute Gasteiger partial charge is 0.163 e. The molecule has 0 radical (unpaired) electrons. The van der Waals surface area contributed by atoms with Crippen molar-refractivity contribution in [3.05, 3.63) is 12.5 Å². The van der Waals surface area contributed by atoms with Crippen LogP contribution in [0.5, 0.6) is 0 Å². The van der Waals surface area contributed by atoms with Gasteiger partial charge in [0.05, 0.1) is 11.6 Å². The van der Waals surface area contributed by atoms with Crippen molar-refractivity contribution < 1.29 is 0 Å². The summed E-state index contributed by atoms with van der Waals surface area (Å²) in [5.41, 5.74) is 0.864. The first-order chi connectivity index (χ1) is 11.1. The molecule has 1 aliphatic rings. The van der Waals surface area contributed by atoms with Gasteiger partial charge in [0, 0.05) is 45.8 Å². The highest BCUT2D eigenvalue weighted by molar-refractivity contribution is 5.85. The van der Waals surface area contributed by atoms with Crippen LogP contribution in [0, 0.1) is 5.92 Å². The lowest BCUT2D eigenvalue weighted by Crippen LogP contribution is -2.52. The van der Waals surface area contributed by atoms with Crippen LogP contribution in [0.3, 0.4) is 0 Å². The number of anilines is 1. The van der Waals surface area contributed by atoms with Crippen molar-refractivity contribution in [2.75, 3.05) is 45.1 Å². The average Bonchev–Trinajstić information content (AvgIpc) is 2.91. The lowest BCUT2D eigenvalue weighted by molar-refractivity contribution is 0.0944. The van der Waals surface area contributed by atoms with E-state index in [-0.39, 0.29) is 0 Å². The molecule has 126 valence electrons. The molecule has 0 aromatic carbocycles. The second kappa shape index (κ2) is 6.80. The van der Waals surface area contributed by atoms with Gasteiger partial charge in [0.15, 0.2) is 5.65 Å². The Morgan fingerprint density at radius 2 is 1.87 bits per heavy atom. The van der Waals surface area contributed by atoms with E-state index in [1.807, 2.05) is 13.2 Å². The van der Waals surface area contributed by atoms with Gasteiger partial charge in [-0.25, -0.2) is 9.97 Å². The number of piperazine rings is 1. The minimum absolute atomic E-state index is 0.505. The molecule has 0 amide bonds. The van der Waals surface area contributed by atoms with Gasteiger partial charge in [-0.2, -0.15) is 5.10 Å². The molecule has 1 unspecified atom stereocenters. The largest absolute Gasteiger partial charge is 0.368 e. The van der Waals surface area contributed by atoms with Crippen molar-refractivity contribution in [3.63, 3.8) is 0 Å². The van der Waals surface area contributed by atoms with E-state index in [0.717, 1.165) is 49.6 Å². The predicted octanol–water partition coefficient (Wildman–Crippen LogP) is 1.05. The third-order valence-electron chi connectivity index (χ3n) is 4.78. The lowest BCUT2D eigenvalue weighted by Gasteiger charge is -2.40. The van der Waals surface area contributed by atoms with E-state index >= 15 is 0 Å². The molecule has 23 heavy (non-hydrogen) atoms. The molecule has 1 N–H and O–H groups in total. The monoisotopic (exact) mass is 317 g/mol. The van der Waals surface area contributed by atoms with E-state index in [1.165, 1.54) is 0 Å². The molecule has 1 aliphatic heterocycles. The van der Waals surface area contributed by atoms with Gasteiger partial charge >= 0.3 is 0 Å². The first kappa shape index (κ1) is 16.1. The summed E-state index contributed by atoms with van der Waals surface area (Å²) < 4.78 is 1.78. The first-order valence-corrected chi connectivity index (χ1v) is 8.35. The maximum absolute atomic E-state index is 4.41. The second-order valence-corrected chi connectivity index (χ2v) is 6.76. The zero-order valence-corrected chi connectivity index (χ0v) is 14.5. The van der Waals surface area contributed by atoms with E-state index < -0.39 is 0 Å². The van der Waals surface area contributed by atoms with E-state index in [0.29, 0.717) is 12.0 Å². The van der Waals surface area contributed by atoms with Crippen LogP contribution in [0.25, 0.3) is 11.0 Å². The maximum atomic E-state index is 4.41. The molecular formula is C16H27N7. The van der Waals surface area contributed by atoms with E-state index in [2.05, 4.69) is 51.1 Å². The molecule has 3 heterocycles. The van der Waals surface area contributed by atoms with Gasteiger partial charge in [-0.1, -0.05) is 13.8 Å². The fourth-order valence-electron chi connectivity index (χ4n) is 3.24. The second-order valence-electron chi connectivity index (χ2n) is 6.76. The van der Waals surface area contributed by atoms with Crippen molar-refractivity contribution in [1.29, 1.82) is 0 Å². The Bertz CT molecular complexity index is 643. The summed E-state index contributed by atoms with van der Waals surface area (Å²) in [6.45, 7) is 10.0. The van der Waals surface area contributed by atoms with Gasteiger partial charge in [-0.3, -0.25) is 9.58 Å². The molecule has 1 fully saturated rings. The van der Waals surface area contributed by atoms with Crippen molar-refractivity contribution in [2.24, 2.45) is 13.0 Å². The summed E-state index contributed by atoms with van der Waals surface area (Å²) in [7, 11) is 4.10. The molecule has 7 heteroatoms. The summed E-state index contributed by atoms with van der Waals surface area (Å²) in [6.07, 6.45) is 3.44. The first-order valence-electron chi connectivity index (χ1n) is 8.35. The summed E-state index contributed by atoms with van der Waals surface area (Å²) >= 11 is 0. The fraction of sp³-hybridized carbons (Fsp3) is 0.688. The zero-order valence-electron chi connectivity index (χ0n) is 14.5. The van der Waals surface area contributed by atoms with Crippen molar-refractivity contribution in [2.45, 2.75) is 19.9 Å². The van der Waals surface area contributed by atoms with Crippen LogP contribution in [0.1, 0.15) is 13.8 Å². The number of nitrogens with one attached hydrogen (secondary N) is 1. The Balaban J connectivity index is 1.71. The maximum Gasteiger partial charge on any atom is 0.163 e. The number of hydrogen-bond acceptors (Lipinski definition) is 6. The van der Waals surface area contributed by atoms with Crippen LogP contribution >= 0.6 is 0 Å².